The van der Waals surface area contributed by atoms with Crippen molar-refractivity contribution in [1.29, 1.82) is 0 Å². The molecule has 0 aliphatic carbocycles. The number of methoxy groups -OCH3 is 2. The average Bonchev–Trinajstić information content (AvgIpc) is 2.59. The summed E-state index contributed by atoms with van der Waals surface area (Å²) in [5.74, 6) is 0.355. The molecule has 9 heteroatoms. The molecule has 2 aromatic carbocycles. The smallest absolute Gasteiger partial charge is 0.245 e. The second kappa shape index (κ2) is 8.29. The van der Waals surface area contributed by atoms with Crippen molar-refractivity contribution in [3.63, 3.8) is 0 Å². The van der Waals surface area contributed by atoms with E-state index in [1.54, 1.807) is 24.3 Å². The van der Waals surface area contributed by atoms with Crippen LogP contribution in [0.1, 0.15) is 0 Å². The number of carbonyl (C=O) groups is 1. The molecule has 0 aliphatic rings. The molecule has 1 N–H and O–H groups in total. The van der Waals surface area contributed by atoms with Gasteiger partial charge in [-0.25, -0.2) is 8.42 Å². The van der Waals surface area contributed by atoms with E-state index in [1.165, 1.54) is 32.4 Å². The van der Waals surface area contributed by atoms with Crippen LogP contribution in [-0.4, -0.2) is 41.3 Å². The van der Waals surface area contributed by atoms with E-state index in [2.05, 4.69) is 5.32 Å². The van der Waals surface area contributed by atoms with Crippen molar-refractivity contribution in [1.82, 2.24) is 0 Å². The average molecular weight is 399 g/mol. The van der Waals surface area contributed by atoms with Gasteiger partial charge in [-0.2, -0.15) is 0 Å². The molecule has 0 saturated heterocycles. The number of carbonyl (C=O) groups excluding carboxylic acids is 1. The summed E-state index contributed by atoms with van der Waals surface area (Å²) in [6.07, 6.45) is 1.02. The number of hydrogen-bond donors (Lipinski definition) is 1. The summed E-state index contributed by atoms with van der Waals surface area (Å²) in [5.41, 5.74) is 0.703. The Morgan fingerprint density at radius 2 is 1.77 bits per heavy atom. The Morgan fingerprint density at radius 3 is 2.35 bits per heavy atom. The zero-order chi connectivity index (χ0) is 19.3. The highest BCUT2D eigenvalue weighted by atomic mass is 35.5. The lowest BCUT2D eigenvalue weighted by Crippen LogP contribution is -2.37. The number of rotatable bonds is 7. The van der Waals surface area contributed by atoms with Crippen molar-refractivity contribution in [3.05, 3.63) is 47.5 Å². The summed E-state index contributed by atoms with van der Waals surface area (Å²) in [6.45, 7) is -0.417. The second-order valence-corrected chi connectivity index (χ2v) is 7.65. The number of nitrogens with zero attached hydrogens (tertiary/aromatic N) is 1. The van der Waals surface area contributed by atoms with E-state index < -0.39 is 22.5 Å². The van der Waals surface area contributed by atoms with E-state index in [0.717, 1.165) is 10.6 Å². The standard InChI is InChI=1S/C17H19ClN2O5S/c1-24-15-9-8-12(10-13(15)18)20(26(3,22)23)11-17(21)19-14-6-4-5-7-16(14)25-2/h4-10H,11H2,1-3H3,(H,19,21). The summed E-state index contributed by atoms with van der Waals surface area (Å²) < 4.78 is 35.5. The first kappa shape index (κ1) is 19.9. The molecule has 0 atom stereocenters. The van der Waals surface area contributed by atoms with Crippen molar-refractivity contribution >= 4 is 38.9 Å². The van der Waals surface area contributed by atoms with Crippen LogP contribution in [-0.2, 0) is 14.8 Å². The molecule has 1 amide bonds. The van der Waals surface area contributed by atoms with Crippen molar-refractivity contribution in [2.45, 2.75) is 0 Å². The van der Waals surface area contributed by atoms with Gasteiger partial charge in [-0.15, -0.1) is 0 Å². The third-order valence-electron chi connectivity index (χ3n) is 3.49. The Labute approximate surface area is 157 Å². The van der Waals surface area contributed by atoms with Crippen LogP contribution in [0.4, 0.5) is 11.4 Å². The number of sulfonamides is 1. The molecule has 7 nitrogen and oxygen atoms in total. The summed E-state index contributed by atoms with van der Waals surface area (Å²) >= 11 is 6.07. The maximum Gasteiger partial charge on any atom is 0.245 e. The first-order chi connectivity index (χ1) is 12.3. The Bertz CT molecular complexity index is 902. The minimum absolute atomic E-state index is 0.240. The quantitative estimate of drug-likeness (QED) is 0.775. The molecule has 0 aliphatic heterocycles. The topological polar surface area (TPSA) is 84.9 Å². The van der Waals surface area contributed by atoms with Gasteiger partial charge in [0.05, 0.1) is 36.9 Å². The van der Waals surface area contributed by atoms with E-state index >= 15 is 0 Å². The lowest BCUT2D eigenvalue weighted by Gasteiger charge is -2.22. The van der Waals surface area contributed by atoms with Crippen LogP contribution in [0.3, 0.4) is 0 Å². The number of halogens is 1. The molecule has 2 aromatic rings. The molecule has 0 saturated carbocycles. The highest BCUT2D eigenvalue weighted by Crippen LogP contribution is 2.30. The number of ether oxygens (including phenoxy) is 2. The Balaban J connectivity index is 2.26. The fraction of sp³-hybridized carbons (Fsp3) is 0.235. The predicted octanol–water partition coefficient (Wildman–Crippen LogP) is 2.76. The number of para-hydroxylation sites is 2. The number of benzene rings is 2. The number of anilines is 2. The summed E-state index contributed by atoms with van der Waals surface area (Å²) in [6, 6.07) is 11.3. The lowest BCUT2D eigenvalue weighted by atomic mass is 10.3. The van der Waals surface area contributed by atoms with Crippen LogP contribution >= 0.6 is 11.6 Å². The molecule has 140 valence electrons. The van der Waals surface area contributed by atoms with Crippen LogP contribution < -0.4 is 19.1 Å². The fourth-order valence-electron chi connectivity index (χ4n) is 2.28. The molecular weight excluding hydrogens is 380 g/mol. The van der Waals surface area contributed by atoms with Gasteiger partial charge in [-0.1, -0.05) is 23.7 Å². The van der Waals surface area contributed by atoms with Crippen molar-refractivity contribution in [2.75, 3.05) is 36.6 Å². The monoisotopic (exact) mass is 398 g/mol. The zero-order valence-electron chi connectivity index (χ0n) is 14.5. The summed E-state index contributed by atoms with van der Waals surface area (Å²) in [7, 11) is -0.782. The summed E-state index contributed by atoms with van der Waals surface area (Å²) in [5, 5.41) is 2.88. The molecule has 0 fully saturated rings. The summed E-state index contributed by atoms with van der Waals surface area (Å²) in [4.78, 5) is 12.4. The van der Waals surface area contributed by atoms with Gasteiger partial charge in [-0.3, -0.25) is 9.10 Å². The SMILES string of the molecule is COc1ccc(N(CC(=O)Nc2ccccc2OC)S(C)(=O)=O)cc1Cl. The van der Waals surface area contributed by atoms with Crippen molar-refractivity contribution in [3.8, 4) is 11.5 Å². The molecule has 0 heterocycles. The van der Waals surface area contributed by atoms with Gasteiger partial charge < -0.3 is 14.8 Å². The molecule has 0 spiro atoms. The van der Waals surface area contributed by atoms with Crippen LogP contribution in [0.2, 0.25) is 5.02 Å². The Morgan fingerprint density at radius 1 is 1.12 bits per heavy atom. The van der Waals surface area contributed by atoms with Gasteiger partial charge in [-0.05, 0) is 30.3 Å². The number of amides is 1. The van der Waals surface area contributed by atoms with Crippen molar-refractivity contribution < 1.29 is 22.7 Å². The molecule has 0 radical (unpaired) electrons. The fourth-order valence-corrected chi connectivity index (χ4v) is 3.38. The molecule has 0 aromatic heterocycles. The molecule has 0 unspecified atom stereocenters. The highest BCUT2D eigenvalue weighted by molar-refractivity contribution is 7.92. The minimum Gasteiger partial charge on any atom is -0.495 e. The van der Waals surface area contributed by atoms with E-state index in [-0.39, 0.29) is 10.7 Å². The first-order valence-electron chi connectivity index (χ1n) is 7.50. The van der Waals surface area contributed by atoms with E-state index in [1.807, 2.05) is 0 Å². The van der Waals surface area contributed by atoms with E-state index in [9.17, 15) is 13.2 Å². The van der Waals surface area contributed by atoms with Gasteiger partial charge >= 0.3 is 0 Å². The van der Waals surface area contributed by atoms with Crippen LogP contribution in [0.25, 0.3) is 0 Å². The Hall–Kier alpha value is -2.45. The van der Waals surface area contributed by atoms with Crippen LogP contribution in [0.15, 0.2) is 42.5 Å². The van der Waals surface area contributed by atoms with Gasteiger partial charge in [0.15, 0.2) is 0 Å². The van der Waals surface area contributed by atoms with Crippen LogP contribution in [0.5, 0.6) is 11.5 Å². The minimum atomic E-state index is -3.72. The van der Waals surface area contributed by atoms with E-state index in [4.69, 9.17) is 21.1 Å². The molecule has 26 heavy (non-hydrogen) atoms. The van der Waals surface area contributed by atoms with Gasteiger partial charge in [0, 0.05) is 0 Å². The van der Waals surface area contributed by atoms with Gasteiger partial charge in [0.1, 0.15) is 18.0 Å². The Kier molecular flexibility index (Phi) is 6.33. The molecule has 0 bridgehead atoms. The normalized spacial score (nSPS) is 10.9. The zero-order valence-corrected chi connectivity index (χ0v) is 16.1. The van der Waals surface area contributed by atoms with Crippen LogP contribution in [0, 0.1) is 0 Å². The third-order valence-corrected chi connectivity index (χ3v) is 4.93. The van der Waals surface area contributed by atoms with Gasteiger partial charge in [0.2, 0.25) is 15.9 Å². The van der Waals surface area contributed by atoms with Crippen molar-refractivity contribution in [2.24, 2.45) is 0 Å². The molecule has 2 rings (SSSR count). The molecular formula is C17H19ClN2O5S. The maximum atomic E-state index is 12.4. The largest absolute Gasteiger partial charge is 0.495 e. The second-order valence-electron chi connectivity index (χ2n) is 5.34. The lowest BCUT2D eigenvalue weighted by molar-refractivity contribution is -0.114. The number of hydrogen-bond acceptors (Lipinski definition) is 5. The van der Waals surface area contributed by atoms with Gasteiger partial charge in [0.25, 0.3) is 0 Å². The highest BCUT2D eigenvalue weighted by Gasteiger charge is 2.22. The maximum absolute atomic E-state index is 12.4. The third kappa shape index (κ3) is 4.80. The first-order valence-corrected chi connectivity index (χ1v) is 9.73. The number of nitrogens with one attached hydrogen (secondary N) is 1. The van der Waals surface area contributed by atoms with E-state index in [0.29, 0.717) is 17.2 Å². The predicted molar refractivity (Wildman–Crippen MR) is 102 cm³/mol.